The SMILES string of the molecule is Cc1ccc(-c2nc(C=O)c[nH]2)s1. The van der Waals surface area contributed by atoms with E-state index in [-0.39, 0.29) is 0 Å². The Labute approximate surface area is 79.4 Å². The van der Waals surface area contributed by atoms with Crippen LogP contribution in [0, 0.1) is 6.92 Å². The van der Waals surface area contributed by atoms with E-state index in [9.17, 15) is 4.79 Å². The summed E-state index contributed by atoms with van der Waals surface area (Å²) in [5, 5.41) is 0. The third kappa shape index (κ3) is 1.53. The molecule has 0 aliphatic carbocycles. The van der Waals surface area contributed by atoms with Gasteiger partial charge in [-0.1, -0.05) is 0 Å². The molecule has 0 amide bonds. The molecule has 2 heterocycles. The maximum Gasteiger partial charge on any atom is 0.170 e. The summed E-state index contributed by atoms with van der Waals surface area (Å²) in [6.07, 6.45) is 2.35. The van der Waals surface area contributed by atoms with Crippen molar-refractivity contribution < 1.29 is 4.79 Å². The van der Waals surface area contributed by atoms with Crippen LogP contribution in [-0.4, -0.2) is 16.3 Å². The highest BCUT2D eigenvalue weighted by Gasteiger charge is 2.04. The van der Waals surface area contributed by atoms with E-state index in [0.29, 0.717) is 5.69 Å². The van der Waals surface area contributed by atoms with E-state index in [1.54, 1.807) is 17.5 Å². The van der Waals surface area contributed by atoms with Gasteiger partial charge in [0.25, 0.3) is 0 Å². The van der Waals surface area contributed by atoms with Gasteiger partial charge in [0.15, 0.2) is 6.29 Å². The number of aromatic nitrogens is 2. The monoisotopic (exact) mass is 192 g/mol. The number of thiophene rings is 1. The Balaban J connectivity index is 2.40. The highest BCUT2D eigenvalue weighted by Crippen LogP contribution is 2.24. The van der Waals surface area contributed by atoms with Crippen molar-refractivity contribution in [3.05, 3.63) is 28.9 Å². The molecule has 0 fully saturated rings. The Morgan fingerprint density at radius 1 is 1.54 bits per heavy atom. The van der Waals surface area contributed by atoms with E-state index in [2.05, 4.69) is 9.97 Å². The van der Waals surface area contributed by atoms with Crippen LogP contribution in [-0.2, 0) is 0 Å². The number of hydrogen-bond acceptors (Lipinski definition) is 3. The second kappa shape index (κ2) is 3.14. The minimum Gasteiger partial charge on any atom is -0.343 e. The third-order valence-electron chi connectivity index (χ3n) is 1.69. The first-order chi connectivity index (χ1) is 6.29. The average molecular weight is 192 g/mol. The standard InChI is InChI=1S/C9H8N2OS/c1-6-2-3-8(13-6)9-10-4-7(5-12)11-9/h2-5H,1H3,(H,10,11). The number of aromatic amines is 1. The van der Waals surface area contributed by atoms with Crippen LogP contribution >= 0.6 is 11.3 Å². The van der Waals surface area contributed by atoms with Gasteiger partial charge in [-0.2, -0.15) is 0 Å². The summed E-state index contributed by atoms with van der Waals surface area (Å²) in [6, 6.07) is 4.02. The summed E-state index contributed by atoms with van der Waals surface area (Å²) in [5.41, 5.74) is 0.445. The smallest absolute Gasteiger partial charge is 0.170 e. The van der Waals surface area contributed by atoms with E-state index in [0.717, 1.165) is 17.0 Å². The molecule has 0 saturated heterocycles. The van der Waals surface area contributed by atoms with Gasteiger partial charge in [0.05, 0.1) is 4.88 Å². The quantitative estimate of drug-likeness (QED) is 0.742. The van der Waals surface area contributed by atoms with Gasteiger partial charge in [0.1, 0.15) is 11.5 Å². The minimum absolute atomic E-state index is 0.445. The number of aryl methyl sites for hydroxylation is 1. The Hall–Kier alpha value is -1.42. The van der Waals surface area contributed by atoms with Crippen molar-refractivity contribution in [3.63, 3.8) is 0 Å². The Kier molecular flexibility index (Phi) is 1.98. The summed E-state index contributed by atoms with van der Waals surface area (Å²) in [5.74, 6) is 0.764. The van der Waals surface area contributed by atoms with Crippen LogP contribution in [0.3, 0.4) is 0 Å². The number of hydrogen-bond donors (Lipinski definition) is 1. The second-order valence-electron chi connectivity index (χ2n) is 2.70. The van der Waals surface area contributed by atoms with E-state index < -0.39 is 0 Å². The highest BCUT2D eigenvalue weighted by atomic mass is 32.1. The van der Waals surface area contributed by atoms with Gasteiger partial charge >= 0.3 is 0 Å². The molecule has 2 rings (SSSR count). The molecule has 0 radical (unpaired) electrons. The number of rotatable bonds is 2. The molecule has 1 N–H and O–H groups in total. The van der Waals surface area contributed by atoms with Crippen LogP contribution in [0.25, 0.3) is 10.7 Å². The van der Waals surface area contributed by atoms with Crippen molar-refractivity contribution in [2.45, 2.75) is 6.92 Å². The normalized spacial score (nSPS) is 10.2. The number of nitrogens with zero attached hydrogens (tertiary/aromatic N) is 1. The number of carbonyl (C=O) groups is 1. The van der Waals surface area contributed by atoms with Gasteiger partial charge in [-0.3, -0.25) is 4.79 Å². The zero-order valence-electron chi connectivity index (χ0n) is 7.07. The van der Waals surface area contributed by atoms with Crippen LogP contribution in [0.2, 0.25) is 0 Å². The van der Waals surface area contributed by atoms with E-state index in [1.807, 2.05) is 19.1 Å². The number of imidazole rings is 1. The van der Waals surface area contributed by atoms with Gasteiger partial charge in [-0.25, -0.2) is 4.98 Å². The molecule has 0 unspecified atom stereocenters. The topological polar surface area (TPSA) is 45.8 Å². The lowest BCUT2D eigenvalue weighted by Gasteiger charge is -1.86. The summed E-state index contributed by atoms with van der Waals surface area (Å²) < 4.78 is 0. The molecule has 4 heteroatoms. The molecule has 0 saturated carbocycles. The fourth-order valence-corrected chi connectivity index (χ4v) is 1.90. The molecule has 66 valence electrons. The summed E-state index contributed by atoms with van der Waals surface area (Å²) in [4.78, 5) is 19.7. The second-order valence-corrected chi connectivity index (χ2v) is 3.99. The first-order valence-electron chi connectivity index (χ1n) is 3.87. The van der Waals surface area contributed by atoms with Crippen molar-refractivity contribution in [1.29, 1.82) is 0 Å². The molecule has 2 aromatic heterocycles. The number of nitrogens with one attached hydrogen (secondary N) is 1. The van der Waals surface area contributed by atoms with Crippen molar-refractivity contribution in [3.8, 4) is 10.7 Å². The summed E-state index contributed by atoms with van der Waals surface area (Å²) in [7, 11) is 0. The number of H-pyrrole nitrogens is 1. The van der Waals surface area contributed by atoms with Crippen LogP contribution in [0.15, 0.2) is 18.3 Å². The summed E-state index contributed by atoms with van der Waals surface area (Å²) in [6.45, 7) is 2.04. The summed E-state index contributed by atoms with van der Waals surface area (Å²) >= 11 is 1.65. The molecule has 0 atom stereocenters. The molecule has 0 spiro atoms. The molecule has 13 heavy (non-hydrogen) atoms. The molecular weight excluding hydrogens is 184 g/mol. The van der Waals surface area contributed by atoms with Crippen molar-refractivity contribution in [2.75, 3.05) is 0 Å². The predicted octanol–water partition coefficient (Wildman–Crippen LogP) is 2.26. The fourth-order valence-electron chi connectivity index (χ4n) is 1.08. The van der Waals surface area contributed by atoms with E-state index in [1.165, 1.54) is 4.88 Å². The first kappa shape index (κ1) is 8.19. The Bertz CT molecular complexity index is 430. The third-order valence-corrected chi connectivity index (χ3v) is 2.70. The minimum atomic E-state index is 0.445. The van der Waals surface area contributed by atoms with Crippen molar-refractivity contribution in [2.24, 2.45) is 0 Å². The molecule has 0 aromatic carbocycles. The molecular formula is C9H8N2OS. The lowest BCUT2D eigenvalue weighted by atomic mass is 10.4. The maximum atomic E-state index is 10.4. The lowest BCUT2D eigenvalue weighted by molar-refractivity contribution is 0.111. The molecule has 0 aliphatic heterocycles. The molecule has 3 nitrogen and oxygen atoms in total. The van der Waals surface area contributed by atoms with Crippen LogP contribution in [0.5, 0.6) is 0 Å². The predicted molar refractivity (Wildman–Crippen MR) is 52.0 cm³/mol. The number of aldehydes is 1. The molecule has 2 aromatic rings. The zero-order valence-corrected chi connectivity index (χ0v) is 7.89. The highest BCUT2D eigenvalue weighted by molar-refractivity contribution is 7.15. The molecule has 0 bridgehead atoms. The first-order valence-corrected chi connectivity index (χ1v) is 4.68. The average Bonchev–Trinajstić information content (AvgIpc) is 2.71. The van der Waals surface area contributed by atoms with E-state index in [4.69, 9.17) is 0 Å². The van der Waals surface area contributed by atoms with E-state index >= 15 is 0 Å². The van der Waals surface area contributed by atoms with Gasteiger partial charge in [0.2, 0.25) is 0 Å². The number of carbonyl (C=O) groups excluding carboxylic acids is 1. The van der Waals surface area contributed by atoms with Crippen molar-refractivity contribution >= 4 is 17.6 Å². The van der Waals surface area contributed by atoms with Crippen LogP contribution < -0.4 is 0 Å². The van der Waals surface area contributed by atoms with Gasteiger partial charge in [0, 0.05) is 11.1 Å². The van der Waals surface area contributed by atoms with Crippen molar-refractivity contribution in [1.82, 2.24) is 9.97 Å². The Morgan fingerprint density at radius 2 is 2.38 bits per heavy atom. The zero-order chi connectivity index (χ0) is 9.26. The van der Waals surface area contributed by atoms with Gasteiger partial charge in [-0.05, 0) is 19.1 Å². The van der Waals surface area contributed by atoms with Crippen LogP contribution in [0.1, 0.15) is 15.4 Å². The van der Waals surface area contributed by atoms with Crippen LogP contribution in [0.4, 0.5) is 0 Å². The lowest BCUT2D eigenvalue weighted by Crippen LogP contribution is -1.77. The fraction of sp³-hybridized carbons (Fsp3) is 0.111. The maximum absolute atomic E-state index is 10.4. The Morgan fingerprint density at radius 3 is 2.92 bits per heavy atom. The van der Waals surface area contributed by atoms with Gasteiger partial charge in [-0.15, -0.1) is 11.3 Å². The largest absolute Gasteiger partial charge is 0.343 e. The van der Waals surface area contributed by atoms with Gasteiger partial charge < -0.3 is 4.98 Å². The molecule has 0 aliphatic rings.